The number of alkyl halides is 6. The van der Waals surface area contributed by atoms with E-state index >= 15 is 0 Å². The van der Waals surface area contributed by atoms with Gasteiger partial charge in [0.25, 0.3) is 5.91 Å². The Bertz CT molecular complexity index is 821. The van der Waals surface area contributed by atoms with Crippen LogP contribution < -0.4 is 10.4 Å². The molecule has 2 heterocycles. The van der Waals surface area contributed by atoms with Gasteiger partial charge in [0.15, 0.2) is 0 Å². The Labute approximate surface area is 204 Å². The lowest BCUT2D eigenvalue weighted by atomic mass is 9.95. The fourth-order valence-electron chi connectivity index (χ4n) is 4.44. The van der Waals surface area contributed by atoms with Crippen LogP contribution in [0.3, 0.4) is 0 Å². The second-order valence-corrected chi connectivity index (χ2v) is 10.4. The van der Waals surface area contributed by atoms with Crippen molar-refractivity contribution in [2.45, 2.75) is 49.2 Å². The van der Waals surface area contributed by atoms with Crippen molar-refractivity contribution in [1.82, 2.24) is 14.7 Å². The molecule has 2 N–H and O–H groups in total. The number of carbonyl (C=O) groups excluding carboxylic acids is 1. The first kappa shape index (κ1) is 27.9. The summed E-state index contributed by atoms with van der Waals surface area (Å²) in [6.45, 7) is 1.70. The number of nitrogens with one attached hydrogen (secondary N) is 1. The number of piperidine rings is 1. The van der Waals surface area contributed by atoms with Gasteiger partial charge in [-0.2, -0.15) is 26.3 Å². The van der Waals surface area contributed by atoms with Crippen molar-refractivity contribution >= 4 is 23.5 Å². The van der Waals surface area contributed by atoms with E-state index in [1.54, 1.807) is 5.48 Å². The molecule has 0 atom stereocenters. The molecule has 0 unspecified atom stereocenters. The van der Waals surface area contributed by atoms with Crippen molar-refractivity contribution < 1.29 is 36.3 Å². The molecule has 2 aliphatic rings. The second kappa shape index (κ2) is 11.6. The number of anilines is 1. The van der Waals surface area contributed by atoms with Crippen molar-refractivity contribution in [2.24, 2.45) is 0 Å². The minimum atomic E-state index is -4.30. The number of benzene rings is 1. The van der Waals surface area contributed by atoms with Gasteiger partial charge in [0, 0.05) is 51.4 Å². The van der Waals surface area contributed by atoms with Gasteiger partial charge in [-0.25, -0.2) is 9.79 Å². The number of hydrogen-bond donors (Lipinski definition) is 2. The molecule has 2 saturated heterocycles. The van der Waals surface area contributed by atoms with Gasteiger partial charge in [0.2, 0.25) is 0 Å². The van der Waals surface area contributed by atoms with Crippen molar-refractivity contribution in [3.8, 4) is 0 Å². The summed E-state index contributed by atoms with van der Waals surface area (Å²) in [5.74, 6) is -0.599. The minimum absolute atomic E-state index is 0.0515. The lowest BCUT2D eigenvalue weighted by Gasteiger charge is -2.44. The zero-order valence-corrected chi connectivity index (χ0v) is 20.0. The number of hydroxylamine groups is 1. The van der Waals surface area contributed by atoms with Gasteiger partial charge in [-0.15, -0.1) is 0 Å². The number of halogens is 6. The third kappa shape index (κ3) is 8.43. The SMILES string of the molecule is O=C(NO)C1(SN2CCN(c3ccc(CCCC(F)(F)F)cc3)CC2)CCN(CC(F)(F)F)CC1. The first-order chi connectivity index (χ1) is 16.4. The van der Waals surface area contributed by atoms with Gasteiger partial charge < -0.3 is 4.90 Å². The topological polar surface area (TPSA) is 59.1 Å². The summed E-state index contributed by atoms with van der Waals surface area (Å²) in [6.07, 6.45) is -8.45. The molecule has 0 aromatic heterocycles. The van der Waals surface area contributed by atoms with Gasteiger partial charge in [-0.05, 0) is 43.4 Å². The van der Waals surface area contributed by atoms with Crippen LogP contribution in [0.15, 0.2) is 24.3 Å². The van der Waals surface area contributed by atoms with E-state index in [1.165, 1.54) is 16.8 Å². The Morgan fingerprint density at radius 2 is 1.54 bits per heavy atom. The Hall–Kier alpha value is -1.70. The molecular formula is C22H30F6N4O2S. The van der Waals surface area contributed by atoms with Crippen molar-refractivity contribution in [1.29, 1.82) is 0 Å². The summed E-state index contributed by atoms with van der Waals surface area (Å²) >= 11 is 1.29. The van der Waals surface area contributed by atoms with E-state index in [0.29, 0.717) is 32.6 Å². The van der Waals surface area contributed by atoms with Crippen molar-refractivity contribution in [2.75, 3.05) is 50.7 Å². The zero-order chi connectivity index (χ0) is 25.7. The van der Waals surface area contributed by atoms with Crippen LogP contribution in [0.5, 0.6) is 0 Å². The first-order valence-electron chi connectivity index (χ1n) is 11.5. The zero-order valence-electron chi connectivity index (χ0n) is 19.2. The van der Waals surface area contributed by atoms with Crippen LogP contribution >= 0.6 is 11.9 Å². The van der Waals surface area contributed by atoms with Crippen molar-refractivity contribution in [3.05, 3.63) is 29.8 Å². The molecule has 0 aliphatic carbocycles. The number of nitrogens with zero attached hydrogens (tertiary/aromatic N) is 3. The molecule has 1 amide bonds. The molecule has 13 heteroatoms. The molecule has 35 heavy (non-hydrogen) atoms. The fourth-order valence-corrected chi connectivity index (χ4v) is 5.77. The average Bonchev–Trinajstić information content (AvgIpc) is 2.79. The monoisotopic (exact) mass is 528 g/mol. The average molecular weight is 529 g/mol. The molecule has 198 valence electrons. The summed E-state index contributed by atoms with van der Waals surface area (Å²) in [7, 11) is 0. The maximum absolute atomic E-state index is 12.7. The Morgan fingerprint density at radius 1 is 0.943 bits per heavy atom. The van der Waals surface area contributed by atoms with Gasteiger partial charge in [0.1, 0.15) is 4.75 Å². The number of rotatable bonds is 8. The molecule has 6 nitrogen and oxygen atoms in total. The van der Waals surface area contributed by atoms with Gasteiger partial charge in [0.05, 0.1) is 6.54 Å². The van der Waals surface area contributed by atoms with E-state index in [1.807, 2.05) is 28.6 Å². The highest BCUT2D eigenvalue weighted by atomic mass is 32.2. The predicted octanol–water partition coefficient (Wildman–Crippen LogP) is 4.24. The maximum Gasteiger partial charge on any atom is 0.401 e. The molecule has 2 aliphatic heterocycles. The van der Waals surface area contributed by atoms with Crippen LogP contribution in [-0.4, -0.2) is 83.2 Å². The summed E-state index contributed by atoms with van der Waals surface area (Å²) in [5, 5.41) is 9.25. The van der Waals surface area contributed by atoms with Gasteiger partial charge in [-0.1, -0.05) is 24.1 Å². The number of aryl methyl sites for hydroxylation is 1. The lowest BCUT2D eigenvalue weighted by Crippen LogP contribution is -2.55. The molecule has 0 bridgehead atoms. The van der Waals surface area contributed by atoms with E-state index in [-0.39, 0.29) is 32.4 Å². The summed E-state index contributed by atoms with van der Waals surface area (Å²) in [4.78, 5) is 15.9. The highest BCUT2D eigenvalue weighted by Crippen LogP contribution is 2.40. The summed E-state index contributed by atoms with van der Waals surface area (Å²) in [6, 6.07) is 7.45. The van der Waals surface area contributed by atoms with Crippen LogP contribution in [0, 0.1) is 0 Å². The third-order valence-electron chi connectivity index (χ3n) is 6.35. The summed E-state index contributed by atoms with van der Waals surface area (Å²) < 4.78 is 76.1. The summed E-state index contributed by atoms with van der Waals surface area (Å²) in [5.41, 5.74) is 3.49. The Kier molecular flexibility index (Phi) is 9.22. The quantitative estimate of drug-likeness (QED) is 0.228. The molecular weight excluding hydrogens is 498 g/mol. The lowest BCUT2D eigenvalue weighted by molar-refractivity contribution is -0.149. The Balaban J connectivity index is 1.50. The van der Waals surface area contributed by atoms with Crippen LogP contribution in [-0.2, 0) is 11.2 Å². The number of carbonyl (C=O) groups is 1. The van der Waals surface area contributed by atoms with Gasteiger partial charge >= 0.3 is 12.4 Å². The predicted molar refractivity (Wildman–Crippen MR) is 121 cm³/mol. The largest absolute Gasteiger partial charge is 0.401 e. The Morgan fingerprint density at radius 3 is 2.06 bits per heavy atom. The number of hydrogen-bond acceptors (Lipinski definition) is 6. The molecule has 1 aromatic carbocycles. The first-order valence-corrected chi connectivity index (χ1v) is 12.2. The standard InChI is InChI=1S/C22H30F6N4O2S/c23-21(24,25)7-1-2-17-3-5-18(6-4-17)31-12-14-32(15-13-31)35-20(19(33)29-34)8-10-30(11-9-20)16-22(26,27)28/h3-6,34H,1-2,7-16H2,(H,29,33). The minimum Gasteiger partial charge on any atom is -0.369 e. The molecule has 0 spiro atoms. The molecule has 1 aromatic rings. The second-order valence-electron chi connectivity index (χ2n) is 8.97. The molecule has 2 fully saturated rings. The van der Waals surface area contributed by atoms with E-state index in [4.69, 9.17) is 0 Å². The van der Waals surface area contributed by atoms with Crippen molar-refractivity contribution in [3.63, 3.8) is 0 Å². The molecule has 0 saturated carbocycles. The van der Waals surface area contributed by atoms with Crippen LogP contribution in [0.1, 0.15) is 31.2 Å². The van der Waals surface area contributed by atoms with E-state index in [0.717, 1.165) is 11.3 Å². The third-order valence-corrected chi connectivity index (χ3v) is 7.92. The highest BCUT2D eigenvalue weighted by Gasteiger charge is 2.45. The van der Waals surface area contributed by atoms with Gasteiger partial charge in [-0.3, -0.25) is 14.9 Å². The van der Waals surface area contributed by atoms with E-state index in [9.17, 15) is 36.3 Å². The number of piperazine rings is 1. The fraction of sp³-hybridized carbons (Fsp3) is 0.682. The molecule has 3 rings (SSSR count). The number of amides is 1. The maximum atomic E-state index is 12.7. The highest BCUT2D eigenvalue weighted by molar-refractivity contribution is 7.99. The van der Waals surface area contributed by atoms with Crippen LogP contribution in [0.4, 0.5) is 32.0 Å². The van der Waals surface area contributed by atoms with Crippen LogP contribution in [0.25, 0.3) is 0 Å². The van der Waals surface area contributed by atoms with E-state index in [2.05, 4.69) is 4.90 Å². The van der Waals surface area contributed by atoms with Crippen LogP contribution in [0.2, 0.25) is 0 Å². The van der Waals surface area contributed by atoms with E-state index < -0.39 is 36.0 Å². The normalized spacial score (nSPS) is 20.1. The molecule has 0 radical (unpaired) electrons. The number of likely N-dealkylation sites (tertiary alicyclic amines) is 1. The smallest absolute Gasteiger partial charge is 0.369 e.